The molecular weight excluding hydrogens is 490 g/mol. The number of nitrogens with zero attached hydrogens (tertiary/aromatic N) is 2. The molecule has 0 saturated carbocycles. The van der Waals surface area contributed by atoms with Gasteiger partial charge in [0.05, 0.1) is 65.6 Å². The molecule has 11 nitrogen and oxygen atoms in total. The topological polar surface area (TPSA) is 126 Å². The first-order valence-electron chi connectivity index (χ1n) is 11.6. The quantitative estimate of drug-likeness (QED) is 0.331. The molecule has 2 N–H and O–H groups in total. The number of nitrogens with two attached hydrogens (primary N) is 1. The van der Waals surface area contributed by atoms with Gasteiger partial charge >= 0.3 is 0 Å². The minimum absolute atomic E-state index is 0.0875. The van der Waals surface area contributed by atoms with Crippen LogP contribution in [0.5, 0.6) is 0 Å². The van der Waals surface area contributed by atoms with Crippen molar-refractivity contribution in [2.45, 2.75) is 50.2 Å². The number of rotatable bonds is 15. The molecule has 0 aromatic carbocycles. The number of fused-ring (bicyclic) bond motifs is 4. The third-order valence-corrected chi connectivity index (χ3v) is 6.84. The van der Waals surface area contributed by atoms with Crippen molar-refractivity contribution in [3.8, 4) is 0 Å². The summed E-state index contributed by atoms with van der Waals surface area (Å²) in [5.41, 5.74) is 4.62. The number of hydrogen-bond acceptors (Lipinski definition) is 12. The Morgan fingerprint density at radius 2 is 1.68 bits per heavy atom. The van der Waals surface area contributed by atoms with E-state index in [1.165, 1.54) is 11.5 Å². The molecular formula is C21H34ClN3O8S. The molecule has 4 rings (SSSR count). The Hall–Kier alpha value is -0.510. The van der Waals surface area contributed by atoms with Crippen molar-refractivity contribution in [1.29, 1.82) is 0 Å². The molecule has 3 saturated heterocycles. The van der Waals surface area contributed by atoms with E-state index in [1.807, 2.05) is 13.8 Å². The second kappa shape index (κ2) is 12.2. The van der Waals surface area contributed by atoms with Gasteiger partial charge in [-0.05, 0) is 37.0 Å². The molecule has 34 heavy (non-hydrogen) atoms. The lowest BCUT2D eigenvalue weighted by molar-refractivity contribution is -0.225. The van der Waals surface area contributed by atoms with E-state index in [0.29, 0.717) is 72.4 Å². The van der Waals surface area contributed by atoms with Gasteiger partial charge in [0, 0.05) is 18.9 Å². The van der Waals surface area contributed by atoms with E-state index >= 15 is 0 Å². The Bertz CT molecular complexity index is 774. The van der Waals surface area contributed by atoms with Crippen LogP contribution in [0.4, 0.5) is 0 Å². The van der Waals surface area contributed by atoms with Crippen LogP contribution in [0.3, 0.4) is 0 Å². The highest BCUT2D eigenvalue weighted by atomic mass is 35.5. The fourth-order valence-electron chi connectivity index (χ4n) is 4.42. The first-order chi connectivity index (χ1) is 16.4. The van der Waals surface area contributed by atoms with Gasteiger partial charge in [-0.2, -0.15) is 4.37 Å². The molecule has 4 heterocycles. The molecule has 1 aromatic heterocycles. The Labute approximate surface area is 208 Å². The lowest BCUT2D eigenvalue weighted by Gasteiger charge is -2.42. The highest BCUT2D eigenvalue weighted by Crippen LogP contribution is 2.49. The minimum Gasteiger partial charge on any atom is -0.378 e. The maximum Gasteiger partial charge on any atom is 0.234 e. The van der Waals surface area contributed by atoms with Crippen LogP contribution in [0.25, 0.3) is 0 Å². The molecule has 13 heteroatoms. The predicted octanol–water partition coefficient (Wildman–Crippen LogP) is 1.02. The average Bonchev–Trinajstić information content (AvgIpc) is 3.48. The van der Waals surface area contributed by atoms with E-state index in [9.17, 15) is 0 Å². The Kier molecular flexibility index (Phi) is 9.49. The van der Waals surface area contributed by atoms with E-state index in [1.54, 1.807) is 0 Å². The average molecular weight is 524 g/mol. The SMILES string of the molecule is CC1(C)O[C@@H]2C(Cc3nc(Cl)ns3)[C@@H]3OC[C@](COCCOCCOCCOCCN)(O3)[C@@H]2O1. The summed E-state index contributed by atoms with van der Waals surface area (Å²) in [7, 11) is 0. The molecule has 0 radical (unpaired) electrons. The van der Waals surface area contributed by atoms with Crippen molar-refractivity contribution >= 4 is 23.1 Å². The zero-order valence-electron chi connectivity index (χ0n) is 19.6. The van der Waals surface area contributed by atoms with Crippen molar-refractivity contribution in [2.75, 3.05) is 66.0 Å². The van der Waals surface area contributed by atoms with Gasteiger partial charge in [-0.3, -0.25) is 0 Å². The molecule has 3 aliphatic rings. The van der Waals surface area contributed by atoms with Gasteiger partial charge in [0.25, 0.3) is 0 Å². The van der Waals surface area contributed by atoms with Crippen molar-refractivity contribution in [3.05, 3.63) is 10.3 Å². The van der Waals surface area contributed by atoms with Crippen molar-refractivity contribution < 1.29 is 37.9 Å². The highest BCUT2D eigenvalue weighted by Gasteiger charge is 2.65. The van der Waals surface area contributed by atoms with E-state index in [2.05, 4.69) is 9.36 Å². The van der Waals surface area contributed by atoms with Gasteiger partial charge in [-0.25, -0.2) is 4.98 Å². The van der Waals surface area contributed by atoms with Gasteiger partial charge in [0.1, 0.15) is 16.7 Å². The third kappa shape index (κ3) is 6.62. The molecule has 0 aliphatic carbocycles. The summed E-state index contributed by atoms with van der Waals surface area (Å²) in [6.45, 7) is 8.48. The lowest BCUT2D eigenvalue weighted by Crippen LogP contribution is -2.60. The minimum atomic E-state index is -0.731. The Balaban J connectivity index is 1.21. The lowest BCUT2D eigenvalue weighted by atomic mass is 9.83. The standard InChI is InChI=1S/C21H34ClN3O8S/c1-20(2)31-16-14(11-15-24-19(22)25-34-15)18-30-13-21(33-18,17(16)32-20)12-29-10-9-28-8-7-27-6-5-26-4-3-23/h14,16-18H,3-13,23H2,1-2H3/t14?,16-,17-,18-,21+/m1/s1. The second-order valence-corrected chi connectivity index (χ2v) is 10.1. The van der Waals surface area contributed by atoms with Crippen LogP contribution < -0.4 is 5.73 Å². The molecule has 2 bridgehead atoms. The third-order valence-electron chi connectivity index (χ3n) is 5.84. The van der Waals surface area contributed by atoms with Crippen LogP contribution in [0.15, 0.2) is 0 Å². The molecule has 1 unspecified atom stereocenters. The normalized spacial score (nSPS) is 31.8. The molecule has 0 spiro atoms. The van der Waals surface area contributed by atoms with Gasteiger partial charge in [0.2, 0.25) is 5.28 Å². The molecule has 3 fully saturated rings. The zero-order valence-corrected chi connectivity index (χ0v) is 21.2. The number of ether oxygens (including phenoxy) is 8. The van der Waals surface area contributed by atoms with Crippen molar-refractivity contribution in [2.24, 2.45) is 11.7 Å². The van der Waals surface area contributed by atoms with Crippen LogP contribution in [0, 0.1) is 5.92 Å². The van der Waals surface area contributed by atoms with E-state index < -0.39 is 17.7 Å². The van der Waals surface area contributed by atoms with Gasteiger partial charge in [-0.1, -0.05) is 0 Å². The highest BCUT2D eigenvalue weighted by molar-refractivity contribution is 7.05. The van der Waals surface area contributed by atoms with Crippen LogP contribution >= 0.6 is 23.1 Å². The van der Waals surface area contributed by atoms with Crippen LogP contribution in [-0.2, 0) is 44.3 Å². The van der Waals surface area contributed by atoms with Crippen LogP contribution in [0.2, 0.25) is 5.28 Å². The fraction of sp³-hybridized carbons (Fsp3) is 0.905. The summed E-state index contributed by atoms with van der Waals surface area (Å²) in [6, 6.07) is 0. The van der Waals surface area contributed by atoms with E-state index in [4.69, 9.17) is 55.2 Å². The fourth-order valence-corrected chi connectivity index (χ4v) is 5.29. The summed E-state index contributed by atoms with van der Waals surface area (Å²) in [6.07, 6.45) is -0.399. The molecule has 3 aliphatic heterocycles. The number of aromatic nitrogens is 2. The van der Waals surface area contributed by atoms with E-state index in [-0.39, 0.29) is 23.4 Å². The predicted molar refractivity (Wildman–Crippen MR) is 122 cm³/mol. The first-order valence-corrected chi connectivity index (χ1v) is 12.7. The maximum absolute atomic E-state index is 6.37. The Morgan fingerprint density at radius 3 is 2.32 bits per heavy atom. The summed E-state index contributed by atoms with van der Waals surface area (Å²) in [4.78, 5) is 4.28. The summed E-state index contributed by atoms with van der Waals surface area (Å²) >= 11 is 7.18. The van der Waals surface area contributed by atoms with Gasteiger partial charge in [0.15, 0.2) is 12.1 Å². The van der Waals surface area contributed by atoms with Crippen LogP contribution in [0.1, 0.15) is 18.9 Å². The zero-order chi connectivity index (χ0) is 24.0. The second-order valence-electron chi connectivity index (χ2n) is 8.89. The summed E-state index contributed by atoms with van der Waals surface area (Å²) < 4.78 is 51.2. The smallest absolute Gasteiger partial charge is 0.234 e. The van der Waals surface area contributed by atoms with Gasteiger partial charge < -0.3 is 43.6 Å². The molecule has 5 atom stereocenters. The molecule has 1 aromatic rings. The van der Waals surface area contributed by atoms with E-state index in [0.717, 1.165) is 5.01 Å². The molecule has 194 valence electrons. The first kappa shape index (κ1) is 26.6. The summed E-state index contributed by atoms with van der Waals surface area (Å²) in [5.74, 6) is -0.818. The van der Waals surface area contributed by atoms with Crippen molar-refractivity contribution in [1.82, 2.24) is 9.36 Å². The maximum atomic E-state index is 6.37. The van der Waals surface area contributed by atoms with Gasteiger partial charge in [-0.15, -0.1) is 0 Å². The molecule has 0 amide bonds. The number of hydrogen-bond donors (Lipinski definition) is 1. The summed E-state index contributed by atoms with van der Waals surface area (Å²) in [5, 5.41) is 1.06. The van der Waals surface area contributed by atoms with Crippen LogP contribution in [-0.4, -0.2) is 105 Å². The largest absolute Gasteiger partial charge is 0.378 e. The van der Waals surface area contributed by atoms with Crippen molar-refractivity contribution in [3.63, 3.8) is 0 Å². The number of halogens is 1. The monoisotopic (exact) mass is 523 g/mol. The Morgan fingerprint density at radius 1 is 1.00 bits per heavy atom.